The van der Waals surface area contributed by atoms with Gasteiger partial charge in [-0.25, -0.2) is 0 Å². The lowest BCUT2D eigenvalue weighted by molar-refractivity contribution is -0.125. The maximum Gasteiger partial charge on any atom is 0.243 e. The van der Waals surface area contributed by atoms with Crippen molar-refractivity contribution in [2.75, 3.05) is 11.9 Å². The molecule has 5 N–H and O–H groups in total. The molecule has 1 aromatic carbocycles. The van der Waals surface area contributed by atoms with E-state index in [1.54, 1.807) is 12.1 Å². The lowest BCUT2D eigenvalue weighted by Gasteiger charge is -2.15. The lowest BCUT2D eigenvalue weighted by atomic mass is 10.1. The molecule has 0 radical (unpaired) electrons. The minimum atomic E-state index is -0.651. The first-order valence-electron chi connectivity index (χ1n) is 6.13. The van der Waals surface area contributed by atoms with Gasteiger partial charge in [-0.15, -0.1) is 0 Å². The Hall–Kier alpha value is -1.60. The highest BCUT2D eigenvalue weighted by Crippen LogP contribution is 2.26. The molecule has 0 saturated carbocycles. The van der Waals surface area contributed by atoms with Gasteiger partial charge in [0.1, 0.15) is 5.75 Å². The molecule has 1 atom stereocenters. The first-order chi connectivity index (χ1) is 9.31. The van der Waals surface area contributed by atoms with Crippen LogP contribution in [-0.2, 0) is 9.59 Å². The normalized spacial score (nSPS) is 12.1. The number of benzene rings is 1. The Labute approximate surface area is 125 Å². The van der Waals surface area contributed by atoms with Crippen molar-refractivity contribution in [1.82, 2.24) is 5.32 Å². The molecule has 0 bridgehead atoms. The van der Waals surface area contributed by atoms with Crippen LogP contribution < -0.4 is 16.4 Å². The first kappa shape index (κ1) is 16.5. The third-order valence-corrected chi connectivity index (χ3v) is 3.17. The molecule has 0 aliphatic rings. The van der Waals surface area contributed by atoms with Crippen molar-refractivity contribution in [3.8, 4) is 5.75 Å². The number of nitrogens with one attached hydrogen (secondary N) is 2. The fourth-order valence-electron chi connectivity index (χ4n) is 1.39. The number of phenols is 1. The van der Waals surface area contributed by atoms with Crippen molar-refractivity contribution in [3.05, 3.63) is 22.7 Å². The summed E-state index contributed by atoms with van der Waals surface area (Å²) in [7, 11) is 0. The summed E-state index contributed by atoms with van der Waals surface area (Å²) in [5.74, 6) is -0.879. The van der Waals surface area contributed by atoms with E-state index in [9.17, 15) is 14.7 Å². The Bertz CT molecular complexity index is 506. The van der Waals surface area contributed by atoms with Gasteiger partial charge in [0.2, 0.25) is 11.8 Å². The van der Waals surface area contributed by atoms with E-state index in [-0.39, 0.29) is 29.8 Å². The molecule has 0 heterocycles. The van der Waals surface area contributed by atoms with E-state index in [1.165, 1.54) is 6.07 Å². The Morgan fingerprint density at radius 3 is 2.65 bits per heavy atom. The number of carbonyl (C=O) groups excluding carboxylic acids is 2. The third kappa shape index (κ3) is 4.82. The molecule has 0 spiro atoms. The molecular formula is C13H18BrN3O3. The van der Waals surface area contributed by atoms with Gasteiger partial charge in [-0.1, -0.05) is 29.8 Å². The Balaban J connectivity index is 2.52. The highest BCUT2D eigenvalue weighted by atomic mass is 79.9. The maximum absolute atomic E-state index is 11.7. The summed E-state index contributed by atoms with van der Waals surface area (Å²) >= 11 is 3.23. The van der Waals surface area contributed by atoms with E-state index in [2.05, 4.69) is 26.6 Å². The molecule has 110 valence electrons. The average molecular weight is 344 g/mol. The predicted molar refractivity (Wildman–Crippen MR) is 80.3 cm³/mol. The zero-order chi connectivity index (χ0) is 15.3. The maximum atomic E-state index is 11.7. The van der Waals surface area contributed by atoms with Crippen LogP contribution in [-0.4, -0.2) is 29.5 Å². The summed E-state index contributed by atoms with van der Waals surface area (Å²) in [5.41, 5.74) is 5.92. The van der Waals surface area contributed by atoms with Gasteiger partial charge < -0.3 is 21.5 Å². The summed E-state index contributed by atoms with van der Waals surface area (Å²) in [6.07, 6.45) is 0. The number of hydrogen-bond donors (Lipinski definition) is 4. The summed E-state index contributed by atoms with van der Waals surface area (Å²) < 4.78 is 0.719. The van der Waals surface area contributed by atoms with Crippen LogP contribution in [0.5, 0.6) is 5.75 Å². The largest absolute Gasteiger partial charge is 0.506 e. The second-order valence-corrected chi connectivity index (χ2v) is 5.61. The van der Waals surface area contributed by atoms with Crippen LogP contribution in [0.1, 0.15) is 13.8 Å². The van der Waals surface area contributed by atoms with E-state index in [0.717, 1.165) is 4.47 Å². The van der Waals surface area contributed by atoms with Crippen molar-refractivity contribution in [3.63, 3.8) is 0 Å². The SMILES string of the molecule is CC(C)[C@H](N)C(=O)NCC(=O)Nc1cc(Br)ccc1O. The van der Waals surface area contributed by atoms with E-state index in [4.69, 9.17) is 5.73 Å². The van der Waals surface area contributed by atoms with Gasteiger partial charge in [-0.05, 0) is 24.1 Å². The highest BCUT2D eigenvalue weighted by molar-refractivity contribution is 9.10. The fraction of sp³-hybridized carbons (Fsp3) is 0.385. The molecule has 7 heteroatoms. The van der Waals surface area contributed by atoms with Crippen molar-refractivity contribution in [2.24, 2.45) is 11.7 Å². The topological polar surface area (TPSA) is 104 Å². The Kier molecular flexibility index (Phi) is 5.97. The van der Waals surface area contributed by atoms with Crippen LogP contribution in [0.25, 0.3) is 0 Å². The predicted octanol–water partition coefficient (Wildman–Crippen LogP) is 1.19. The van der Waals surface area contributed by atoms with Gasteiger partial charge in [-0.3, -0.25) is 9.59 Å². The number of amides is 2. The monoisotopic (exact) mass is 343 g/mol. The molecule has 1 rings (SSSR count). The zero-order valence-corrected chi connectivity index (χ0v) is 12.9. The molecule has 6 nitrogen and oxygen atoms in total. The van der Waals surface area contributed by atoms with E-state index in [1.807, 2.05) is 13.8 Å². The Morgan fingerprint density at radius 2 is 2.05 bits per heavy atom. The van der Waals surface area contributed by atoms with Gasteiger partial charge >= 0.3 is 0 Å². The van der Waals surface area contributed by atoms with Crippen LogP contribution in [0.4, 0.5) is 5.69 Å². The second kappa shape index (κ2) is 7.25. The van der Waals surface area contributed by atoms with Crippen molar-refractivity contribution >= 4 is 33.4 Å². The van der Waals surface area contributed by atoms with Crippen molar-refractivity contribution in [2.45, 2.75) is 19.9 Å². The number of hydrogen-bond acceptors (Lipinski definition) is 4. The van der Waals surface area contributed by atoms with Gasteiger partial charge in [0, 0.05) is 4.47 Å². The molecule has 20 heavy (non-hydrogen) atoms. The second-order valence-electron chi connectivity index (χ2n) is 4.70. The molecule has 0 saturated heterocycles. The van der Waals surface area contributed by atoms with Crippen LogP contribution in [0.15, 0.2) is 22.7 Å². The minimum absolute atomic E-state index is 0.00724. The van der Waals surface area contributed by atoms with Crippen LogP contribution >= 0.6 is 15.9 Å². The molecular weight excluding hydrogens is 326 g/mol. The van der Waals surface area contributed by atoms with E-state index < -0.39 is 11.9 Å². The van der Waals surface area contributed by atoms with Crippen molar-refractivity contribution < 1.29 is 14.7 Å². The quantitative estimate of drug-likeness (QED) is 0.602. The number of phenolic OH excluding ortho intramolecular Hbond substituents is 1. The minimum Gasteiger partial charge on any atom is -0.506 e. The lowest BCUT2D eigenvalue weighted by Crippen LogP contribution is -2.46. The van der Waals surface area contributed by atoms with Crippen LogP contribution in [0.3, 0.4) is 0 Å². The van der Waals surface area contributed by atoms with E-state index >= 15 is 0 Å². The molecule has 0 unspecified atom stereocenters. The molecule has 1 aromatic rings. The van der Waals surface area contributed by atoms with E-state index in [0.29, 0.717) is 0 Å². The highest BCUT2D eigenvalue weighted by Gasteiger charge is 2.17. The molecule has 0 fully saturated rings. The van der Waals surface area contributed by atoms with Gasteiger partial charge in [-0.2, -0.15) is 0 Å². The van der Waals surface area contributed by atoms with Gasteiger partial charge in [0.05, 0.1) is 18.3 Å². The molecule has 0 aromatic heterocycles. The average Bonchev–Trinajstić information content (AvgIpc) is 2.39. The number of anilines is 1. The van der Waals surface area contributed by atoms with Crippen molar-refractivity contribution in [1.29, 1.82) is 0 Å². The first-order valence-corrected chi connectivity index (χ1v) is 6.92. The number of rotatable bonds is 5. The molecule has 2 amide bonds. The summed E-state index contributed by atoms with van der Waals surface area (Å²) in [5, 5.41) is 14.5. The third-order valence-electron chi connectivity index (χ3n) is 2.68. The number of carbonyl (C=O) groups is 2. The van der Waals surface area contributed by atoms with Gasteiger partial charge in [0.15, 0.2) is 0 Å². The summed E-state index contributed by atoms with van der Waals surface area (Å²) in [6.45, 7) is 3.44. The summed E-state index contributed by atoms with van der Waals surface area (Å²) in [6, 6.07) is 4.01. The fourth-order valence-corrected chi connectivity index (χ4v) is 1.75. The number of aromatic hydroxyl groups is 1. The summed E-state index contributed by atoms with van der Waals surface area (Å²) in [4.78, 5) is 23.3. The molecule has 0 aliphatic carbocycles. The Morgan fingerprint density at radius 1 is 1.40 bits per heavy atom. The van der Waals surface area contributed by atoms with Gasteiger partial charge in [0.25, 0.3) is 0 Å². The number of nitrogens with two attached hydrogens (primary N) is 1. The molecule has 0 aliphatic heterocycles. The van der Waals surface area contributed by atoms with Crippen LogP contribution in [0.2, 0.25) is 0 Å². The van der Waals surface area contributed by atoms with Crippen LogP contribution in [0, 0.1) is 5.92 Å². The smallest absolute Gasteiger partial charge is 0.243 e. The standard InChI is InChI=1S/C13H18BrN3O3/c1-7(2)12(15)13(20)16-6-11(19)17-9-5-8(14)3-4-10(9)18/h3-5,7,12,18H,6,15H2,1-2H3,(H,16,20)(H,17,19)/t12-/m0/s1. The zero-order valence-electron chi connectivity index (χ0n) is 11.3. The number of halogens is 1.